The number of hydrogen-bond acceptors (Lipinski definition) is 5. The van der Waals surface area contributed by atoms with E-state index in [2.05, 4.69) is 10.4 Å². The lowest BCUT2D eigenvalue weighted by atomic mass is 10.1. The molecule has 3 aromatic rings. The molecule has 2 aromatic carbocycles. The van der Waals surface area contributed by atoms with Crippen molar-refractivity contribution in [3.63, 3.8) is 0 Å². The Balaban J connectivity index is 1.66. The zero-order valence-corrected chi connectivity index (χ0v) is 17.3. The van der Waals surface area contributed by atoms with Gasteiger partial charge in [-0.15, -0.1) is 0 Å². The summed E-state index contributed by atoms with van der Waals surface area (Å²) >= 11 is 0. The first-order valence-corrected chi connectivity index (χ1v) is 9.76. The molecule has 0 unspecified atom stereocenters. The zero-order chi connectivity index (χ0) is 21.5. The van der Waals surface area contributed by atoms with Crippen molar-refractivity contribution in [3.05, 3.63) is 71.5 Å². The van der Waals surface area contributed by atoms with Crippen molar-refractivity contribution in [3.8, 4) is 11.4 Å². The number of aromatic nitrogens is 2. The van der Waals surface area contributed by atoms with E-state index in [9.17, 15) is 9.59 Å². The van der Waals surface area contributed by atoms with E-state index in [0.29, 0.717) is 18.0 Å². The molecule has 0 aliphatic heterocycles. The topological polar surface area (TPSA) is 82.4 Å². The van der Waals surface area contributed by atoms with Crippen molar-refractivity contribution in [1.82, 2.24) is 9.78 Å². The molecule has 0 radical (unpaired) electrons. The summed E-state index contributed by atoms with van der Waals surface area (Å²) in [6.07, 6.45) is 0.207. The molecular weight excluding hydrogens is 382 g/mol. The van der Waals surface area contributed by atoms with Crippen LogP contribution in [0.5, 0.6) is 5.75 Å². The third-order valence-electron chi connectivity index (χ3n) is 4.56. The highest BCUT2D eigenvalue weighted by molar-refractivity contribution is 5.92. The molecule has 7 heteroatoms. The molecule has 30 heavy (non-hydrogen) atoms. The van der Waals surface area contributed by atoms with Crippen LogP contribution in [0.2, 0.25) is 0 Å². The fraction of sp³-hybridized carbons (Fsp3) is 0.261. The number of rotatable bonds is 8. The second-order valence-electron chi connectivity index (χ2n) is 6.74. The Morgan fingerprint density at radius 3 is 2.57 bits per heavy atom. The Labute approximate surface area is 175 Å². The van der Waals surface area contributed by atoms with Gasteiger partial charge in [0.25, 0.3) is 0 Å². The number of nitrogens with one attached hydrogen (secondary N) is 1. The van der Waals surface area contributed by atoms with Gasteiger partial charge in [0.1, 0.15) is 5.75 Å². The summed E-state index contributed by atoms with van der Waals surface area (Å²) < 4.78 is 12.1. The molecule has 0 aliphatic carbocycles. The van der Waals surface area contributed by atoms with Crippen molar-refractivity contribution in [2.45, 2.75) is 27.2 Å². The smallest absolute Gasteiger partial charge is 0.344 e. The highest BCUT2D eigenvalue weighted by Crippen LogP contribution is 2.20. The molecule has 0 atom stereocenters. The number of esters is 1. The van der Waals surface area contributed by atoms with Crippen molar-refractivity contribution in [1.29, 1.82) is 0 Å². The predicted octanol–water partition coefficient (Wildman–Crippen LogP) is 3.61. The highest BCUT2D eigenvalue weighted by Gasteiger charge is 2.16. The van der Waals surface area contributed by atoms with Crippen LogP contribution >= 0.6 is 0 Å². The number of para-hydroxylation sites is 1. The van der Waals surface area contributed by atoms with E-state index < -0.39 is 5.97 Å². The van der Waals surface area contributed by atoms with Gasteiger partial charge in [0, 0.05) is 23.0 Å². The Hall–Kier alpha value is -3.61. The molecule has 1 heterocycles. The summed E-state index contributed by atoms with van der Waals surface area (Å²) in [7, 11) is 0. The first-order chi connectivity index (χ1) is 14.5. The number of anilines is 1. The van der Waals surface area contributed by atoms with Crippen LogP contribution in [0.25, 0.3) is 5.69 Å². The highest BCUT2D eigenvalue weighted by atomic mass is 16.6. The van der Waals surface area contributed by atoms with Gasteiger partial charge in [-0.3, -0.25) is 4.79 Å². The van der Waals surface area contributed by atoms with Crippen LogP contribution in [0.15, 0.2) is 54.6 Å². The first-order valence-electron chi connectivity index (χ1n) is 9.76. The summed E-state index contributed by atoms with van der Waals surface area (Å²) in [5.74, 6) is -0.116. The first kappa shape index (κ1) is 21.1. The van der Waals surface area contributed by atoms with Crippen molar-refractivity contribution >= 4 is 17.6 Å². The quantitative estimate of drug-likeness (QED) is 0.577. The maximum Gasteiger partial charge on any atom is 0.344 e. The van der Waals surface area contributed by atoms with Crippen LogP contribution in [0.1, 0.15) is 23.9 Å². The average molecular weight is 407 g/mol. The number of carbonyl (C=O) groups is 2. The van der Waals surface area contributed by atoms with Crippen LogP contribution in [-0.2, 0) is 20.7 Å². The molecule has 1 amide bonds. The molecule has 0 spiro atoms. The molecule has 0 saturated carbocycles. The number of amides is 1. The van der Waals surface area contributed by atoms with E-state index in [4.69, 9.17) is 9.47 Å². The minimum atomic E-state index is -0.437. The van der Waals surface area contributed by atoms with Crippen molar-refractivity contribution in [2.75, 3.05) is 18.5 Å². The van der Waals surface area contributed by atoms with Crippen LogP contribution < -0.4 is 10.1 Å². The Morgan fingerprint density at radius 1 is 1.07 bits per heavy atom. The van der Waals surface area contributed by atoms with Gasteiger partial charge in [0.2, 0.25) is 5.91 Å². The van der Waals surface area contributed by atoms with E-state index in [1.165, 1.54) is 0 Å². The molecule has 1 aromatic heterocycles. The monoisotopic (exact) mass is 407 g/mol. The summed E-state index contributed by atoms with van der Waals surface area (Å²) in [6.45, 7) is 5.72. The Bertz CT molecular complexity index is 1030. The standard InChI is InChI=1S/C23H25N3O4/c1-4-29-23(28)15-30-20-12-8-9-18(13-20)24-22(27)14-21-16(2)25-26(17(21)3)19-10-6-5-7-11-19/h5-13H,4,14-15H2,1-3H3,(H,24,27). The van der Waals surface area contributed by atoms with Crippen LogP contribution in [0.3, 0.4) is 0 Å². The van der Waals surface area contributed by atoms with Crippen LogP contribution in [0, 0.1) is 13.8 Å². The second-order valence-corrected chi connectivity index (χ2v) is 6.74. The minimum Gasteiger partial charge on any atom is -0.482 e. The molecule has 0 bridgehead atoms. The van der Waals surface area contributed by atoms with Crippen molar-refractivity contribution in [2.24, 2.45) is 0 Å². The zero-order valence-electron chi connectivity index (χ0n) is 17.3. The van der Waals surface area contributed by atoms with Gasteiger partial charge in [-0.1, -0.05) is 24.3 Å². The van der Waals surface area contributed by atoms with E-state index >= 15 is 0 Å². The molecule has 7 nitrogen and oxygen atoms in total. The van der Waals surface area contributed by atoms with Gasteiger partial charge in [0.15, 0.2) is 6.61 Å². The van der Waals surface area contributed by atoms with Crippen LogP contribution in [-0.4, -0.2) is 34.9 Å². The lowest BCUT2D eigenvalue weighted by Crippen LogP contribution is -2.16. The molecule has 0 saturated heterocycles. The molecule has 1 N–H and O–H groups in total. The fourth-order valence-electron chi connectivity index (χ4n) is 3.13. The number of hydrogen-bond donors (Lipinski definition) is 1. The van der Waals surface area contributed by atoms with Gasteiger partial charge < -0.3 is 14.8 Å². The average Bonchev–Trinajstić information content (AvgIpc) is 3.01. The molecule has 0 aliphatic rings. The third-order valence-corrected chi connectivity index (χ3v) is 4.56. The summed E-state index contributed by atoms with van der Waals surface area (Å²) in [6, 6.07) is 16.7. The molecule has 0 fully saturated rings. The van der Waals surface area contributed by atoms with Gasteiger partial charge >= 0.3 is 5.97 Å². The number of aryl methyl sites for hydroxylation is 1. The molecule has 156 valence electrons. The number of nitrogens with zero attached hydrogens (tertiary/aromatic N) is 2. The summed E-state index contributed by atoms with van der Waals surface area (Å²) in [5.41, 5.74) is 4.19. The lowest BCUT2D eigenvalue weighted by molar-refractivity contribution is -0.145. The van der Waals surface area contributed by atoms with E-state index in [1.807, 2.05) is 48.9 Å². The van der Waals surface area contributed by atoms with Gasteiger partial charge in [-0.05, 0) is 45.0 Å². The summed E-state index contributed by atoms with van der Waals surface area (Å²) in [5, 5.41) is 7.46. The molecular formula is C23H25N3O4. The maximum absolute atomic E-state index is 12.6. The Kier molecular flexibility index (Phi) is 6.85. The van der Waals surface area contributed by atoms with E-state index in [-0.39, 0.29) is 18.9 Å². The minimum absolute atomic E-state index is 0.156. The number of carbonyl (C=O) groups excluding carboxylic acids is 2. The normalized spacial score (nSPS) is 10.5. The van der Waals surface area contributed by atoms with Gasteiger partial charge in [-0.2, -0.15) is 5.10 Å². The predicted molar refractivity (Wildman–Crippen MR) is 114 cm³/mol. The number of ether oxygens (including phenoxy) is 2. The van der Waals surface area contributed by atoms with Gasteiger partial charge in [0.05, 0.1) is 24.4 Å². The molecule has 3 rings (SSSR count). The largest absolute Gasteiger partial charge is 0.482 e. The van der Waals surface area contributed by atoms with Crippen LogP contribution in [0.4, 0.5) is 5.69 Å². The fourth-order valence-corrected chi connectivity index (χ4v) is 3.13. The van der Waals surface area contributed by atoms with Gasteiger partial charge in [-0.25, -0.2) is 9.48 Å². The van der Waals surface area contributed by atoms with E-state index in [1.54, 1.807) is 31.2 Å². The SMILES string of the molecule is CCOC(=O)COc1cccc(NC(=O)Cc2c(C)nn(-c3ccccc3)c2C)c1. The van der Waals surface area contributed by atoms with Crippen molar-refractivity contribution < 1.29 is 19.1 Å². The maximum atomic E-state index is 12.6. The number of benzene rings is 2. The Morgan fingerprint density at radius 2 is 1.83 bits per heavy atom. The third kappa shape index (κ3) is 5.26. The van der Waals surface area contributed by atoms with E-state index in [0.717, 1.165) is 22.6 Å². The summed E-state index contributed by atoms with van der Waals surface area (Å²) in [4.78, 5) is 24.1. The second kappa shape index (κ2) is 9.73. The lowest BCUT2D eigenvalue weighted by Gasteiger charge is -2.09.